The lowest BCUT2D eigenvalue weighted by Gasteiger charge is -2.11. The highest BCUT2D eigenvalue weighted by molar-refractivity contribution is 9.10. The topological polar surface area (TPSA) is 54.9 Å². The Morgan fingerprint density at radius 1 is 0.913 bits per heavy atom. The van der Waals surface area contributed by atoms with E-state index >= 15 is 0 Å². The molecule has 0 spiro atoms. The van der Waals surface area contributed by atoms with Crippen LogP contribution < -0.4 is 11.1 Å². The second-order valence-electron chi connectivity index (χ2n) is 5.26. The van der Waals surface area contributed by atoms with Crippen LogP contribution in [-0.2, 0) is 0 Å². The highest BCUT2D eigenvalue weighted by atomic mass is 79.9. The maximum absolute atomic E-state index is 12.4. The molecule has 0 amide bonds. The number of H-pyrrole nitrogens is 1. The van der Waals surface area contributed by atoms with Gasteiger partial charge >= 0.3 is 11.1 Å². The Bertz CT molecular complexity index is 1160. The summed E-state index contributed by atoms with van der Waals surface area (Å²) in [5, 5.41) is 1.88. The van der Waals surface area contributed by atoms with Crippen molar-refractivity contribution in [2.45, 2.75) is 0 Å². The van der Waals surface area contributed by atoms with Gasteiger partial charge in [-0.05, 0) is 35.7 Å². The summed E-state index contributed by atoms with van der Waals surface area (Å²) in [4.78, 5) is 27.3. The summed E-state index contributed by atoms with van der Waals surface area (Å²) >= 11 is 3.45. The zero-order valence-electron chi connectivity index (χ0n) is 11.9. The molecule has 4 nitrogen and oxygen atoms in total. The molecule has 0 fully saturated rings. The van der Waals surface area contributed by atoms with E-state index < -0.39 is 11.1 Å². The molecule has 0 radical (unpaired) electrons. The van der Waals surface area contributed by atoms with Crippen LogP contribution in [0.15, 0.2) is 74.7 Å². The van der Waals surface area contributed by atoms with Crippen molar-refractivity contribution in [3.63, 3.8) is 0 Å². The monoisotopic (exact) mass is 366 g/mol. The van der Waals surface area contributed by atoms with Crippen molar-refractivity contribution in [1.29, 1.82) is 0 Å². The quantitative estimate of drug-likeness (QED) is 0.413. The van der Waals surface area contributed by atoms with E-state index in [-0.39, 0.29) is 0 Å². The third kappa shape index (κ3) is 2.21. The number of rotatable bonds is 1. The van der Waals surface area contributed by atoms with E-state index in [9.17, 15) is 9.59 Å². The SMILES string of the molecule is O=c1[nH]c2c3ccc(Br)cc3ccc2n(-c2ccccc2)c1=O. The van der Waals surface area contributed by atoms with Crippen molar-refractivity contribution in [1.82, 2.24) is 9.55 Å². The van der Waals surface area contributed by atoms with Gasteiger partial charge in [0.05, 0.1) is 11.0 Å². The first-order chi connectivity index (χ1) is 11.1. The average molecular weight is 367 g/mol. The van der Waals surface area contributed by atoms with Gasteiger partial charge in [0, 0.05) is 15.5 Å². The first-order valence-corrected chi connectivity index (χ1v) is 7.87. The predicted octanol–water partition coefficient (Wildman–Crippen LogP) is 3.59. The Balaban J connectivity index is 2.23. The van der Waals surface area contributed by atoms with Gasteiger partial charge in [-0.3, -0.25) is 14.2 Å². The molecule has 0 aliphatic carbocycles. The van der Waals surface area contributed by atoms with E-state index in [0.717, 1.165) is 15.2 Å². The van der Waals surface area contributed by atoms with Gasteiger partial charge in [0.1, 0.15) is 0 Å². The molecule has 1 N–H and O–H groups in total. The standard InChI is InChI=1S/C18H11BrN2O2/c19-12-7-8-14-11(10-12)6-9-15-16(14)20-17(22)18(23)21(15)13-4-2-1-3-5-13/h1-10H,(H,20,22). The van der Waals surface area contributed by atoms with E-state index in [4.69, 9.17) is 0 Å². The summed E-state index contributed by atoms with van der Waals surface area (Å²) in [7, 11) is 0. The van der Waals surface area contributed by atoms with Crippen molar-refractivity contribution in [3.8, 4) is 5.69 Å². The molecule has 1 aromatic heterocycles. The minimum Gasteiger partial charge on any atom is -0.315 e. The van der Waals surface area contributed by atoms with E-state index in [2.05, 4.69) is 20.9 Å². The number of benzene rings is 3. The summed E-state index contributed by atoms with van der Waals surface area (Å²) in [6.07, 6.45) is 0. The van der Waals surface area contributed by atoms with Crippen molar-refractivity contribution >= 4 is 37.7 Å². The lowest BCUT2D eigenvalue weighted by molar-refractivity contribution is 0.989. The van der Waals surface area contributed by atoms with Gasteiger partial charge in [-0.2, -0.15) is 0 Å². The van der Waals surface area contributed by atoms with Crippen molar-refractivity contribution in [3.05, 3.63) is 85.8 Å². The number of nitrogens with one attached hydrogen (secondary N) is 1. The Kier molecular flexibility index (Phi) is 3.16. The minimum atomic E-state index is -0.628. The molecule has 4 aromatic rings. The van der Waals surface area contributed by atoms with Gasteiger partial charge in [-0.25, -0.2) is 0 Å². The molecule has 5 heteroatoms. The molecule has 0 unspecified atom stereocenters. The van der Waals surface area contributed by atoms with Crippen LogP contribution in [0.25, 0.3) is 27.5 Å². The van der Waals surface area contributed by atoms with Crippen LogP contribution in [0.5, 0.6) is 0 Å². The largest absolute Gasteiger partial charge is 0.321 e. The first-order valence-electron chi connectivity index (χ1n) is 7.08. The lowest BCUT2D eigenvalue weighted by atomic mass is 10.1. The third-order valence-corrected chi connectivity index (χ3v) is 4.34. The maximum atomic E-state index is 12.4. The van der Waals surface area contributed by atoms with Crippen LogP contribution in [0.3, 0.4) is 0 Å². The molecule has 0 saturated carbocycles. The highest BCUT2D eigenvalue weighted by Gasteiger charge is 2.11. The molecule has 112 valence electrons. The second-order valence-corrected chi connectivity index (χ2v) is 6.17. The molecule has 0 saturated heterocycles. The third-order valence-electron chi connectivity index (χ3n) is 3.85. The van der Waals surface area contributed by atoms with Crippen LogP contribution in [0.1, 0.15) is 0 Å². The van der Waals surface area contributed by atoms with Gasteiger partial charge in [0.25, 0.3) is 0 Å². The number of fused-ring (bicyclic) bond motifs is 3. The Morgan fingerprint density at radius 3 is 2.48 bits per heavy atom. The van der Waals surface area contributed by atoms with Crippen LogP contribution in [0, 0.1) is 0 Å². The van der Waals surface area contributed by atoms with E-state index in [1.165, 1.54) is 4.57 Å². The summed E-state index contributed by atoms with van der Waals surface area (Å²) in [5.74, 6) is 0. The zero-order chi connectivity index (χ0) is 16.0. The Labute approximate surface area is 139 Å². The molecular formula is C18H11BrN2O2. The molecule has 4 rings (SSSR count). The number of nitrogens with zero attached hydrogens (tertiary/aromatic N) is 1. The molecule has 0 aliphatic heterocycles. The molecule has 0 aliphatic rings. The number of hydrogen-bond donors (Lipinski definition) is 1. The van der Waals surface area contributed by atoms with Crippen molar-refractivity contribution in [2.24, 2.45) is 0 Å². The van der Waals surface area contributed by atoms with Crippen LogP contribution in [0.2, 0.25) is 0 Å². The Hall–Kier alpha value is -2.66. The van der Waals surface area contributed by atoms with Gasteiger partial charge in [-0.15, -0.1) is 0 Å². The molecule has 0 atom stereocenters. The van der Waals surface area contributed by atoms with Crippen LogP contribution in [0.4, 0.5) is 0 Å². The molecule has 3 aromatic carbocycles. The lowest BCUT2D eigenvalue weighted by Crippen LogP contribution is -2.35. The molecule has 23 heavy (non-hydrogen) atoms. The normalized spacial score (nSPS) is 11.2. The maximum Gasteiger partial charge on any atom is 0.321 e. The second kappa shape index (κ2) is 5.21. The summed E-state index contributed by atoms with van der Waals surface area (Å²) in [6.45, 7) is 0. The fourth-order valence-electron chi connectivity index (χ4n) is 2.82. The Morgan fingerprint density at radius 2 is 1.70 bits per heavy atom. The van der Waals surface area contributed by atoms with Crippen LogP contribution in [-0.4, -0.2) is 9.55 Å². The fraction of sp³-hybridized carbons (Fsp3) is 0. The van der Waals surface area contributed by atoms with E-state index in [1.54, 1.807) is 0 Å². The fourth-order valence-corrected chi connectivity index (χ4v) is 3.20. The van der Waals surface area contributed by atoms with Gasteiger partial charge in [-0.1, -0.05) is 46.3 Å². The molecule has 0 bridgehead atoms. The van der Waals surface area contributed by atoms with Gasteiger partial charge < -0.3 is 4.98 Å². The van der Waals surface area contributed by atoms with Crippen LogP contribution >= 0.6 is 15.9 Å². The molecular weight excluding hydrogens is 356 g/mol. The summed E-state index contributed by atoms with van der Waals surface area (Å²) in [5.41, 5.74) is 0.793. The number of para-hydroxylation sites is 1. The first kappa shape index (κ1) is 14.0. The van der Waals surface area contributed by atoms with Crippen molar-refractivity contribution in [2.75, 3.05) is 0 Å². The van der Waals surface area contributed by atoms with E-state index in [0.29, 0.717) is 16.7 Å². The zero-order valence-corrected chi connectivity index (χ0v) is 13.5. The van der Waals surface area contributed by atoms with E-state index in [1.807, 2.05) is 60.7 Å². The van der Waals surface area contributed by atoms with Gasteiger partial charge in [0.15, 0.2) is 0 Å². The summed E-state index contributed by atoms with van der Waals surface area (Å²) < 4.78 is 2.42. The number of hydrogen-bond acceptors (Lipinski definition) is 2. The highest BCUT2D eigenvalue weighted by Crippen LogP contribution is 2.26. The number of aromatic nitrogens is 2. The predicted molar refractivity (Wildman–Crippen MR) is 95.4 cm³/mol. The van der Waals surface area contributed by atoms with Crippen molar-refractivity contribution < 1.29 is 0 Å². The molecule has 1 heterocycles. The number of halogens is 1. The number of aromatic amines is 1. The minimum absolute atomic E-state index is 0.583. The van der Waals surface area contributed by atoms with Gasteiger partial charge in [0.2, 0.25) is 0 Å². The smallest absolute Gasteiger partial charge is 0.315 e. The summed E-state index contributed by atoms with van der Waals surface area (Å²) in [6, 6.07) is 18.8. The average Bonchev–Trinajstić information content (AvgIpc) is 2.56.